The summed E-state index contributed by atoms with van der Waals surface area (Å²) >= 11 is 1.04. The van der Waals surface area contributed by atoms with E-state index in [-0.39, 0.29) is 11.7 Å². The van der Waals surface area contributed by atoms with Gasteiger partial charge in [-0.2, -0.15) is 4.68 Å². The third kappa shape index (κ3) is 5.30. The molecule has 0 spiro atoms. The average molecular weight is 352 g/mol. The van der Waals surface area contributed by atoms with Crippen molar-refractivity contribution in [2.45, 2.75) is 19.0 Å². The van der Waals surface area contributed by atoms with Crippen molar-refractivity contribution in [2.75, 3.05) is 12.3 Å². The van der Waals surface area contributed by atoms with Crippen LogP contribution in [0.2, 0.25) is 0 Å². The van der Waals surface area contributed by atoms with Gasteiger partial charge in [-0.05, 0) is 34.5 Å². The molecule has 8 nitrogen and oxygen atoms in total. The first-order valence-corrected chi connectivity index (χ1v) is 8.19. The van der Waals surface area contributed by atoms with Crippen molar-refractivity contribution in [3.05, 3.63) is 30.1 Å². The molecule has 1 aromatic carbocycles. The second-order valence-electron chi connectivity index (χ2n) is 5.29. The number of thioether (sulfide) groups is 1. The van der Waals surface area contributed by atoms with Crippen LogP contribution in [0.5, 0.6) is 0 Å². The SMILES string of the molecule is CC(C)CNC(=O)NC(=O)CSc1nnnn1-c1cccc(F)c1. The lowest BCUT2D eigenvalue weighted by molar-refractivity contribution is -0.117. The first kappa shape index (κ1) is 17.9. The van der Waals surface area contributed by atoms with Crippen molar-refractivity contribution in [1.82, 2.24) is 30.8 Å². The van der Waals surface area contributed by atoms with E-state index in [1.165, 1.54) is 22.9 Å². The highest BCUT2D eigenvalue weighted by Crippen LogP contribution is 2.18. The Hall–Kier alpha value is -2.49. The Morgan fingerprint density at radius 1 is 1.38 bits per heavy atom. The summed E-state index contributed by atoms with van der Waals surface area (Å²) in [5, 5.41) is 16.2. The van der Waals surface area contributed by atoms with E-state index < -0.39 is 17.8 Å². The molecule has 0 aliphatic carbocycles. The van der Waals surface area contributed by atoms with Crippen LogP contribution in [0.1, 0.15) is 13.8 Å². The molecular weight excluding hydrogens is 335 g/mol. The number of amides is 3. The monoisotopic (exact) mass is 352 g/mol. The minimum absolute atomic E-state index is 0.0508. The third-order valence-electron chi connectivity index (χ3n) is 2.75. The Morgan fingerprint density at radius 2 is 2.17 bits per heavy atom. The number of halogens is 1. The zero-order valence-electron chi connectivity index (χ0n) is 13.2. The first-order chi connectivity index (χ1) is 11.5. The van der Waals surface area contributed by atoms with Crippen molar-refractivity contribution < 1.29 is 14.0 Å². The van der Waals surface area contributed by atoms with Gasteiger partial charge in [0.15, 0.2) is 0 Å². The third-order valence-corrected chi connectivity index (χ3v) is 3.67. The van der Waals surface area contributed by atoms with E-state index in [4.69, 9.17) is 0 Å². The molecule has 0 radical (unpaired) electrons. The molecule has 2 rings (SSSR count). The standard InChI is InChI=1S/C14H17FN6O2S/c1-9(2)7-16-13(23)17-12(22)8-24-14-18-19-20-21(14)11-5-3-4-10(15)6-11/h3-6,9H,7-8H2,1-2H3,(H2,16,17,22,23). The van der Waals surface area contributed by atoms with E-state index in [9.17, 15) is 14.0 Å². The summed E-state index contributed by atoms with van der Waals surface area (Å²) in [4.78, 5) is 23.3. The van der Waals surface area contributed by atoms with Crippen LogP contribution in [0.15, 0.2) is 29.4 Å². The molecule has 0 aliphatic heterocycles. The van der Waals surface area contributed by atoms with Crippen molar-refractivity contribution in [3.8, 4) is 5.69 Å². The molecule has 128 valence electrons. The number of hydrogen-bond acceptors (Lipinski definition) is 6. The van der Waals surface area contributed by atoms with E-state index in [1.54, 1.807) is 6.07 Å². The molecule has 2 N–H and O–H groups in total. The highest BCUT2D eigenvalue weighted by Gasteiger charge is 2.13. The summed E-state index contributed by atoms with van der Waals surface area (Å²) < 4.78 is 14.6. The number of tetrazole rings is 1. The summed E-state index contributed by atoms with van der Waals surface area (Å²) in [5.74, 6) is -0.658. The molecule has 0 atom stereocenters. The molecule has 1 aromatic heterocycles. The predicted molar refractivity (Wildman–Crippen MR) is 86.2 cm³/mol. The first-order valence-electron chi connectivity index (χ1n) is 7.20. The topological polar surface area (TPSA) is 102 Å². The lowest BCUT2D eigenvalue weighted by Crippen LogP contribution is -2.41. The lowest BCUT2D eigenvalue weighted by atomic mass is 10.2. The van der Waals surface area contributed by atoms with Gasteiger partial charge in [0, 0.05) is 6.54 Å². The normalized spacial score (nSPS) is 10.7. The van der Waals surface area contributed by atoms with E-state index in [2.05, 4.69) is 26.2 Å². The van der Waals surface area contributed by atoms with Crippen molar-refractivity contribution in [3.63, 3.8) is 0 Å². The fourth-order valence-electron chi connectivity index (χ4n) is 1.67. The molecule has 0 saturated heterocycles. The zero-order chi connectivity index (χ0) is 17.5. The molecule has 24 heavy (non-hydrogen) atoms. The molecule has 10 heteroatoms. The largest absolute Gasteiger partial charge is 0.338 e. The molecular formula is C14H17FN6O2S. The minimum Gasteiger partial charge on any atom is -0.338 e. The van der Waals surface area contributed by atoms with Gasteiger partial charge in [-0.1, -0.05) is 31.7 Å². The fourth-order valence-corrected chi connectivity index (χ4v) is 2.36. The molecule has 0 aliphatic rings. The average Bonchev–Trinajstić information content (AvgIpc) is 2.99. The van der Waals surface area contributed by atoms with Crippen LogP contribution < -0.4 is 10.6 Å². The van der Waals surface area contributed by atoms with Crippen molar-refractivity contribution in [2.24, 2.45) is 5.92 Å². The molecule has 0 unspecified atom stereocenters. The molecule has 0 saturated carbocycles. The van der Waals surface area contributed by atoms with E-state index in [1.807, 2.05) is 13.8 Å². The molecule has 2 aromatic rings. The van der Waals surface area contributed by atoms with Gasteiger partial charge in [0.05, 0.1) is 11.4 Å². The van der Waals surface area contributed by atoms with Crippen LogP contribution in [-0.4, -0.2) is 44.4 Å². The van der Waals surface area contributed by atoms with Gasteiger partial charge >= 0.3 is 6.03 Å². The van der Waals surface area contributed by atoms with E-state index in [0.29, 0.717) is 17.4 Å². The Bertz CT molecular complexity index is 721. The van der Waals surface area contributed by atoms with Gasteiger partial charge in [0.1, 0.15) is 5.82 Å². The van der Waals surface area contributed by atoms with Crippen LogP contribution in [0, 0.1) is 11.7 Å². The van der Waals surface area contributed by atoms with Crippen LogP contribution in [0.4, 0.5) is 9.18 Å². The second kappa shape index (κ2) is 8.39. The number of rotatable bonds is 6. The molecule has 1 heterocycles. The number of carbonyl (C=O) groups excluding carboxylic acids is 2. The maximum Gasteiger partial charge on any atom is 0.321 e. The number of imide groups is 1. The van der Waals surface area contributed by atoms with Gasteiger partial charge in [-0.15, -0.1) is 5.10 Å². The van der Waals surface area contributed by atoms with Crippen LogP contribution in [0.25, 0.3) is 5.69 Å². The Balaban J connectivity index is 1.90. The molecule has 0 bridgehead atoms. The smallest absolute Gasteiger partial charge is 0.321 e. The number of aromatic nitrogens is 4. The second-order valence-corrected chi connectivity index (χ2v) is 6.24. The number of nitrogens with zero attached hydrogens (tertiary/aromatic N) is 4. The van der Waals surface area contributed by atoms with E-state index >= 15 is 0 Å². The zero-order valence-corrected chi connectivity index (χ0v) is 14.0. The number of benzene rings is 1. The Kier molecular flexibility index (Phi) is 6.24. The summed E-state index contributed by atoms with van der Waals surface area (Å²) in [6.45, 7) is 4.37. The van der Waals surface area contributed by atoms with Crippen LogP contribution >= 0.6 is 11.8 Å². The summed E-state index contributed by atoms with van der Waals surface area (Å²) in [6, 6.07) is 5.22. The van der Waals surface area contributed by atoms with Gasteiger partial charge in [-0.25, -0.2) is 9.18 Å². The predicted octanol–water partition coefficient (Wildman–Crippen LogP) is 1.38. The quantitative estimate of drug-likeness (QED) is 0.762. The maximum atomic E-state index is 13.3. The molecule has 0 fully saturated rings. The summed E-state index contributed by atoms with van der Waals surface area (Å²) in [7, 11) is 0. The maximum absolute atomic E-state index is 13.3. The lowest BCUT2D eigenvalue weighted by Gasteiger charge is -2.08. The van der Waals surface area contributed by atoms with Crippen LogP contribution in [0.3, 0.4) is 0 Å². The fraction of sp³-hybridized carbons (Fsp3) is 0.357. The van der Waals surface area contributed by atoms with Crippen molar-refractivity contribution in [1.29, 1.82) is 0 Å². The van der Waals surface area contributed by atoms with E-state index in [0.717, 1.165) is 11.8 Å². The number of urea groups is 1. The Morgan fingerprint density at radius 3 is 2.88 bits per heavy atom. The van der Waals surface area contributed by atoms with Gasteiger partial charge in [0.25, 0.3) is 0 Å². The highest BCUT2D eigenvalue weighted by molar-refractivity contribution is 7.99. The number of hydrogen-bond donors (Lipinski definition) is 2. The number of nitrogens with one attached hydrogen (secondary N) is 2. The van der Waals surface area contributed by atoms with Crippen LogP contribution in [-0.2, 0) is 4.79 Å². The van der Waals surface area contributed by atoms with Crippen molar-refractivity contribution >= 4 is 23.7 Å². The summed E-state index contributed by atoms with van der Waals surface area (Å²) in [5.41, 5.74) is 0.442. The highest BCUT2D eigenvalue weighted by atomic mass is 32.2. The van der Waals surface area contributed by atoms with Gasteiger partial charge in [-0.3, -0.25) is 10.1 Å². The Labute approximate surface area is 142 Å². The van der Waals surface area contributed by atoms with Gasteiger partial charge < -0.3 is 5.32 Å². The number of carbonyl (C=O) groups is 2. The molecule has 3 amide bonds. The minimum atomic E-state index is -0.543. The summed E-state index contributed by atoms with van der Waals surface area (Å²) in [6.07, 6.45) is 0. The van der Waals surface area contributed by atoms with Gasteiger partial charge in [0.2, 0.25) is 11.1 Å².